The maximum absolute atomic E-state index is 13.2. The van der Waals surface area contributed by atoms with Gasteiger partial charge < -0.3 is 19.9 Å². The molecule has 1 aromatic carbocycles. The van der Waals surface area contributed by atoms with Gasteiger partial charge in [-0.05, 0) is 58.3 Å². The standard InChI is InChI=1S/C28H41N7O3/c1-32(2)14-8-13-28(12-7-11-23-9-5-4-6-10-23)22-35(27(37)31-28)24-19-29-26(30-20-24)34-17-15-33(16-18-34)21-25(36)38-3/h4-6,9-10,19-20H,7-8,11-18,21-22H2,1-3H3,(H,31,37)/t28-/m1/s1. The zero-order valence-corrected chi connectivity index (χ0v) is 22.9. The second-order valence-electron chi connectivity index (χ2n) is 10.6. The topological polar surface area (TPSA) is 94.1 Å². The first-order valence-electron chi connectivity index (χ1n) is 13.5. The number of esters is 1. The van der Waals surface area contributed by atoms with Crippen molar-refractivity contribution >= 4 is 23.6 Å². The molecule has 38 heavy (non-hydrogen) atoms. The molecule has 1 aromatic heterocycles. The molecule has 10 nitrogen and oxygen atoms in total. The highest BCUT2D eigenvalue weighted by Crippen LogP contribution is 2.31. The first kappa shape index (κ1) is 27.8. The van der Waals surface area contributed by atoms with E-state index in [4.69, 9.17) is 4.74 Å². The van der Waals surface area contributed by atoms with Crippen LogP contribution in [-0.2, 0) is 16.0 Å². The highest BCUT2D eigenvalue weighted by molar-refractivity contribution is 5.95. The molecule has 3 heterocycles. The molecule has 2 aliphatic heterocycles. The predicted molar refractivity (Wildman–Crippen MR) is 148 cm³/mol. The maximum atomic E-state index is 13.2. The lowest BCUT2D eigenvalue weighted by atomic mass is 9.87. The molecule has 2 aliphatic rings. The van der Waals surface area contributed by atoms with Crippen molar-refractivity contribution in [3.05, 3.63) is 48.3 Å². The van der Waals surface area contributed by atoms with Gasteiger partial charge in [-0.3, -0.25) is 14.6 Å². The van der Waals surface area contributed by atoms with Crippen LogP contribution in [0.5, 0.6) is 0 Å². The average molecular weight is 524 g/mol. The van der Waals surface area contributed by atoms with E-state index in [0.29, 0.717) is 24.7 Å². The molecule has 0 bridgehead atoms. The Hall–Kier alpha value is -3.24. The maximum Gasteiger partial charge on any atom is 0.322 e. The number of carbonyl (C=O) groups is 2. The van der Waals surface area contributed by atoms with Crippen LogP contribution in [0, 0.1) is 0 Å². The molecular formula is C28H41N7O3. The van der Waals surface area contributed by atoms with Gasteiger partial charge in [0.05, 0.1) is 43.8 Å². The van der Waals surface area contributed by atoms with Crippen LogP contribution in [0.25, 0.3) is 0 Å². The number of benzene rings is 1. The van der Waals surface area contributed by atoms with E-state index in [2.05, 4.69) is 68.3 Å². The van der Waals surface area contributed by atoms with Crippen molar-refractivity contribution in [2.45, 2.75) is 37.6 Å². The molecule has 2 fully saturated rings. The van der Waals surface area contributed by atoms with Crippen LogP contribution in [0.15, 0.2) is 42.7 Å². The van der Waals surface area contributed by atoms with Gasteiger partial charge in [0.2, 0.25) is 5.95 Å². The number of rotatable bonds is 12. The Morgan fingerprint density at radius 3 is 2.39 bits per heavy atom. The molecule has 0 saturated carbocycles. The number of hydrogen-bond acceptors (Lipinski definition) is 8. The first-order valence-corrected chi connectivity index (χ1v) is 13.5. The summed E-state index contributed by atoms with van der Waals surface area (Å²) in [6.07, 6.45) is 8.38. The summed E-state index contributed by atoms with van der Waals surface area (Å²) in [5.41, 5.74) is 1.77. The Labute approximate surface area is 226 Å². The Balaban J connectivity index is 1.37. The number of piperazine rings is 1. The van der Waals surface area contributed by atoms with E-state index in [0.717, 1.165) is 64.8 Å². The lowest BCUT2D eigenvalue weighted by Crippen LogP contribution is -2.48. The minimum atomic E-state index is -0.267. The molecule has 0 unspecified atom stereocenters. The SMILES string of the molecule is COC(=O)CN1CCN(c2ncc(N3C[C@@](CCCc4ccccc4)(CCCN(C)C)NC3=O)cn2)CC1. The summed E-state index contributed by atoms with van der Waals surface area (Å²) >= 11 is 0. The molecule has 1 N–H and O–H groups in total. The minimum absolute atomic E-state index is 0.0812. The van der Waals surface area contributed by atoms with Crippen LogP contribution in [0.4, 0.5) is 16.4 Å². The van der Waals surface area contributed by atoms with Gasteiger partial charge in [-0.25, -0.2) is 14.8 Å². The summed E-state index contributed by atoms with van der Waals surface area (Å²) in [6.45, 7) is 4.86. The lowest BCUT2D eigenvalue weighted by molar-refractivity contribution is -0.142. The average Bonchev–Trinajstić information content (AvgIpc) is 3.25. The summed E-state index contributed by atoms with van der Waals surface area (Å²) in [5.74, 6) is 0.423. The molecule has 1 atom stereocenters. The van der Waals surface area contributed by atoms with Crippen molar-refractivity contribution in [2.24, 2.45) is 0 Å². The molecule has 2 amide bonds. The zero-order valence-electron chi connectivity index (χ0n) is 22.9. The van der Waals surface area contributed by atoms with Gasteiger partial charge in [0.25, 0.3) is 0 Å². The summed E-state index contributed by atoms with van der Waals surface area (Å²) in [5, 5.41) is 3.34. The van der Waals surface area contributed by atoms with E-state index in [1.165, 1.54) is 12.7 Å². The van der Waals surface area contributed by atoms with E-state index in [-0.39, 0.29) is 17.5 Å². The normalized spacial score (nSPS) is 20.2. The van der Waals surface area contributed by atoms with Crippen molar-refractivity contribution in [1.29, 1.82) is 0 Å². The summed E-state index contributed by atoms with van der Waals surface area (Å²) in [7, 11) is 5.58. The fraction of sp³-hybridized carbons (Fsp3) is 0.571. The zero-order chi connectivity index (χ0) is 27.0. The van der Waals surface area contributed by atoms with Crippen LogP contribution in [-0.4, -0.2) is 104 Å². The van der Waals surface area contributed by atoms with E-state index in [1.54, 1.807) is 17.3 Å². The van der Waals surface area contributed by atoms with Gasteiger partial charge in [0.15, 0.2) is 0 Å². The van der Waals surface area contributed by atoms with Gasteiger partial charge in [0, 0.05) is 26.2 Å². The van der Waals surface area contributed by atoms with Crippen LogP contribution in [0.2, 0.25) is 0 Å². The largest absolute Gasteiger partial charge is 0.468 e. The van der Waals surface area contributed by atoms with Gasteiger partial charge in [-0.2, -0.15) is 0 Å². The van der Waals surface area contributed by atoms with Gasteiger partial charge in [-0.1, -0.05) is 30.3 Å². The molecule has 2 aromatic rings. The van der Waals surface area contributed by atoms with Crippen LogP contribution in [0.1, 0.15) is 31.2 Å². The van der Waals surface area contributed by atoms with E-state index >= 15 is 0 Å². The van der Waals surface area contributed by atoms with Gasteiger partial charge >= 0.3 is 12.0 Å². The number of carbonyl (C=O) groups excluding carboxylic acids is 2. The Morgan fingerprint density at radius 1 is 1.05 bits per heavy atom. The number of aromatic nitrogens is 2. The number of anilines is 2. The highest BCUT2D eigenvalue weighted by atomic mass is 16.5. The second kappa shape index (κ2) is 13.0. The number of hydrogen-bond donors (Lipinski definition) is 1. The number of urea groups is 1. The number of methoxy groups -OCH3 is 1. The third-order valence-electron chi connectivity index (χ3n) is 7.47. The minimum Gasteiger partial charge on any atom is -0.468 e. The smallest absolute Gasteiger partial charge is 0.322 e. The van der Waals surface area contributed by atoms with Crippen LogP contribution in [0.3, 0.4) is 0 Å². The molecule has 0 radical (unpaired) electrons. The van der Waals surface area contributed by atoms with Gasteiger partial charge in [-0.15, -0.1) is 0 Å². The Kier molecular flexibility index (Phi) is 9.52. The van der Waals surface area contributed by atoms with E-state index < -0.39 is 0 Å². The molecule has 206 valence electrons. The molecule has 4 rings (SSSR count). The molecule has 2 saturated heterocycles. The fourth-order valence-corrected chi connectivity index (χ4v) is 5.30. The number of nitrogens with zero attached hydrogens (tertiary/aromatic N) is 6. The first-order chi connectivity index (χ1) is 18.4. The van der Waals surface area contributed by atoms with Crippen LogP contribution < -0.4 is 15.1 Å². The number of amides is 2. The molecular weight excluding hydrogens is 482 g/mol. The fourth-order valence-electron chi connectivity index (χ4n) is 5.30. The molecule has 0 aliphatic carbocycles. The number of nitrogens with one attached hydrogen (secondary N) is 1. The lowest BCUT2D eigenvalue weighted by Gasteiger charge is -2.34. The van der Waals surface area contributed by atoms with Crippen molar-refractivity contribution in [2.75, 3.05) is 76.8 Å². The third kappa shape index (κ3) is 7.41. The summed E-state index contributed by atoms with van der Waals surface area (Å²) in [6, 6.07) is 10.4. The second-order valence-corrected chi connectivity index (χ2v) is 10.6. The number of ether oxygens (including phenoxy) is 1. The molecule has 0 spiro atoms. The molecule has 10 heteroatoms. The van der Waals surface area contributed by atoms with E-state index in [1.807, 2.05) is 6.07 Å². The Morgan fingerprint density at radius 2 is 1.74 bits per heavy atom. The van der Waals surface area contributed by atoms with Crippen molar-refractivity contribution in [1.82, 2.24) is 25.1 Å². The quantitative estimate of drug-likeness (QED) is 0.424. The summed E-state index contributed by atoms with van der Waals surface area (Å²) in [4.78, 5) is 42.0. The van der Waals surface area contributed by atoms with E-state index in [9.17, 15) is 9.59 Å². The Bertz CT molecular complexity index is 1040. The third-order valence-corrected chi connectivity index (χ3v) is 7.47. The highest BCUT2D eigenvalue weighted by Gasteiger charge is 2.42. The monoisotopic (exact) mass is 523 g/mol. The van der Waals surface area contributed by atoms with Gasteiger partial charge in [0.1, 0.15) is 0 Å². The van der Waals surface area contributed by atoms with Crippen LogP contribution >= 0.6 is 0 Å². The number of aryl methyl sites for hydroxylation is 1. The summed E-state index contributed by atoms with van der Waals surface area (Å²) < 4.78 is 4.77. The van der Waals surface area contributed by atoms with Crippen molar-refractivity contribution in [3.8, 4) is 0 Å². The van der Waals surface area contributed by atoms with Crippen molar-refractivity contribution < 1.29 is 14.3 Å². The predicted octanol–water partition coefficient (Wildman–Crippen LogP) is 2.40. The van der Waals surface area contributed by atoms with Crippen molar-refractivity contribution in [3.63, 3.8) is 0 Å².